The van der Waals surface area contributed by atoms with Gasteiger partial charge >= 0.3 is 0 Å². The lowest BCUT2D eigenvalue weighted by atomic mass is 10.0. The van der Waals surface area contributed by atoms with Crippen LogP contribution in [0.4, 0.5) is 5.82 Å². The Morgan fingerprint density at radius 1 is 1.04 bits per heavy atom. The molecule has 2 atom stereocenters. The molecule has 1 aromatic heterocycles. The summed E-state index contributed by atoms with van der Waals surface area (Å²) in [5.41, 5.74) is 0. The molecular weight excluding hydrogens is 338 g/mol. The van der Waals surface area contributed by atoms with Crippen molar-refractivity contribution in [1.82, 2.24) is 9.97 Å². The van der Waals surface area contributed by atoms with Gasteiger partial charge in [0.25, 0.3) is 0 Å². The fourth-order valence-corrected chi connectivity index (χ4v) is 2.93. The van der Waals surface area contributed by atoms with E-state index < -0.39 is 6.10 Å². The number of rotatable bonds is 6. The van der Waals surface area contributed by atoms with Crippen molar-refractivity contribution in [2.45, 2.75) is 18.6 Å². The fraction of sp³-hybridized carbons (Fsp3) is 0.444. The van der Waals surface area contributed by atoms with Gasteiger partial charge in [0, 0.05) is 31.6 Å². The van der Waals surface area contributed by atoms with Gasteiger partial charge in [0.15, 0.2) is 11.5 Å². The predicted molar refractivity (Wildman–Crippen MR) is 95.4 cm³/mol. The number of aliphatic hydroxyl groups is 1. The van der Waals surface area contributed by atoms with E-state index in [2.05, 4.69) is 9.97 Å². The number of hydrogen-bond donors (Lipinski definition) is 1. The molecule has 8 heteroatoms. The van der Waals surface area contributed by atoms with Gasteiger partial charge in [0.05, 0.1) is 21.3 Å². The van der Waals surface area contributed by atoms with Crippen LogP contribution in [0.5, 0.6) is 23.1 Å². The summed E-state index contributed by atoms with van der Waals surface area (Å²) in [5, 5.41) is 10.5. The summed E-state index contributed by atoms with van der Waals surface area (Å²) < 4.78 is 21.6. The molecule has 0 spiro atoms. The maximum Gasteiger partial charge on any atom is 0.218 e. The largest absolute Gasteiger partial charge is 0.493 e. The monoisotopic (exact) mass is 361 g/mol. The third-order valence-electron chi connectivity index (χ3n) is 4.32. The molecule has 0 bridgehead atoms. The van der Waals surface area contributed by atoms with E-state index in [0.29, 0.717) is 42.6 Å². The zero-order valence-electron chi connectivity index (χ0n) is 15.1. The van der Waals surface area contributed by atoms with Gasteiger partial charge in [-0.25, -0.2) is 9.97 Å². The lowest BCUT2D eigenvalue weighted by Gasteiger charge is -2.36. The minimum absolute atomic E-state index is 0.312. The number of nitrogens with zero attached hydrogens (tertiary/aromatic N) is 3. The second-order valence-electron chi connectivity index (χ2n) is 5.89. The number of aromatic nitrogens is 2. The average molecular weight is 361 g/mol. The number of anilines is 1. The van der Waals surface area contributed by atoms with E-state index in [-0.39, 0.29) is 6.10 Å². The van der Waals surface area contributed by atoms with Gasteiger partial charge in [-0.15, -0.1) is 0 Å². The van der Waals surface area contributed by atoms with Gasteiger partial charge in [-0.2, -0.15) is 0 Å². The van der Waals surface area contributed by atoms with Gasteiger partial charge in [0.2, 0.25) is 5.88 Å². The SMILES string of the molecule is COc1cc(N2CC[C@@H](Oc3ccc(OC)c(OC)c3)[C@H](O)C2)ncn1. The van der Waals surface area contributed by atoms with E-state index >= 15 is 0 Å². The van der Waals surface area contributed by atoms with E-state index in [1.165, 1.54) is 6.33 Å². The minimum Gasteiger partial charge on any atom is -0.493 e. The Balaban J connectivity index is 1.65. The highest BCUT2D eigenvalue weighted by atomic mass is 16.5. The molecule has 0 aliphatic carbocycles. The summed E-state index contributed by atoms with van der Waals surface area (Å²) in [6, 6.07) is 7.09. The number of hydrogen-bond acceptors (Lipinski definition) is 8. The molecule has 140 valence electrons. The van der Waals surface area contributed by atoms with Crippen LogP contribution in [0.2, 0.25) is 0 Å². The van der Waals surface area contributed by atoms with Gasteiger partial charge < -0.3 is 29.0 Å². The van der Waals surface area contributed by atoms with E-state index in [1.807, 2.05) is 4.90 Å². The quantitative estimate of drug-likeness (QED) is 0.829. The van der Waals surface area contributed by atoms with Crippen LogP contribution in [0, 0.1) is 0 Å². The van der Waals surface area contributed by atoms with Gasteiger partial charge in [-0.3, -0.25) is 0 Å². The van der Waals surface area contributed by atoms with E-state index in [0.717, 1.165) is 5.82 Å². The summed E-state index contributed by atoms with van der Waals surface area (Å²) >= 11 is 0. The Labute approximate surface area is 152 Å². The van der Waals surface area contributed by atoms with Crippen molar-refractivity contribution in [1.29, 1.82) is 0 Å². The number of methoxy groups -OCH3 is 3. The molecule has 2 aromatic rings. The maximum absolute atomic E-state index is 10.5. The van der Waals surface area contributed by atoms with Crippen LogP contribution in [0.25, 0.3) is 0 Å². The predicted octanol–water partition coefficient (Wildman–Crippen LogP) is 1.52. The third kappa shape index (κ3) is 3.91. The molecule has 1 fully saturated rings. The molecule has 1 aromatic carbocycles. The highest BCUT2D eigenvalue weighted by molar-refractivity contribution is 5.46. The number of benzene rings is 1. The van der Waals surface area contributed by atoms with Crippen LogP contribution >= 0.6 is 0 Å². The molecule has 1 saturated heterocycles. The summed E-state index contributed by atoms with van der Waals surface area (Å²) in [6.45, 7) is 1.12. The topological polar surface area (TPSA) is 86.2 Å². The first-order valence-corrected chi connectivity index (χ1v) is 8.32. The molecule has 26 heavy (non-hydrogen) atoms. The lowest BCUT2D eigenvalue weighted by molar-refractivity contribution is 0.0239. The van der Waals surface area contributed by atoms with Crippen molar-refractivity contribution in [3.8, 4) is 23.1 Å². The third-order valence-corrected chi connectivity index (χ3v) is 4.32. The Morgan fingerprint density at radius 3 is 2.54 bits per heavy atom. The summed E-state index contributed by atoms with van der Waals surface area (Å²) in [7, 11) is 4.72. The zero-order chi connectivity index (χ0) is 18.5. The van der Waals surface area contributed by atoms with Crippen LogP contribution in [0.15, 0.2) is 30.6 Å². The van der Waals surface area contributed by atoms with Gasteiger partial charge in [-0.05, 0) is 12.1 Å². The molecule has 2 heterocycles. The fourth-order valence-electron chi connectivity index (χ4n) is 2.93. The second kappa shape index (κ2) is 8.09. The van der Waals surface area contributed by atoms with Gasteiger partial charge in [0.1, 0.15) is 30.1 Å². The Bertz CT molecular complexity index is 743. The second-order valence-corrected chi connectivity index (χ2v) is 5.89. The molecule has 0 radical (unpaired) electrons. The Morgan fingerprint density at radius 2 is 1.85 bits per heavy atom. The molecule has 1 aliphatic heterocycles. The average Bonchev–Trinajstić information content (AvgIpc) is 2.69. The standard InChI is InChI=1S/C18H23N3O5/c1-23-15-5-4-12(8-16(15)24-2)26-14-6-7-21(10-13(14)22)17-9-18(25-3)20-11-19-17/h4-5,8-9,11,13-14,22H,6-7,10H2,1-3H3/t13-,14-/m1/s1. The van der Waals surface area contributed by atoms with Crippen molar-refractivity contribution < 1.29 is 24.1 Å². The maximum atomic E-state index is 10.5. The lowest BCUT2D eigenvalue weighted by Crippen LogP contribution is -2.49. The van der Waals surface area contributed by atoms with E-state index in [1.54, 1.807) is 45.6 Å². The minimum atomic E-state index is -0.655. The smallest absolute Gasteiger partial charge is 0.218 e. The van der Waals surface area contributed by atoms with Crippen molar-refractivity contribution in [3.63, 3.8) is 0 Å². The number of ether oxygens (including phenoxy) is 4. The molecule has 1 aliphatic rings. The summed E-state index contributed by atoms with van der Waals surface area (Å²) in [4.78, 5) is 10.2. The highest BCUT2D eigenvalue weighted by Crippen LogP contribution is 2.32. The van der Waals surface area contributed by atoms with Crippen molar-refractivity contribution >= 4 is 5.82 Å². The van der Waals surface area contributed by atoms with Crippen LogP contribution in [-0.4, -0.2) is 61.7 Å². The molecule has 0 amide bonds. The van der Waals surface area contributed by atoms with Crippen molar-refractivity contribution in [2.75, 3.05) is 39.3 Å². The first-order valence-electron chi connectivity index (χ1n) is 8.32. The number of piperidine rings is 1. The highest BCUT2D eigenvalue weighted by Gasteiger charge is 2.30. The zero-order valence-corrected chi connectivity index (χ0v) is 15.1. The molecule has 0 unspecified atom stereocenters. The first-order chi connectivity index (χ1) is 12.6. The Kier molecular flexibility index (Phi) is 5.62. The van der Waals surface area contributed by atoms with Crippen LogP contribution < -0.4 is 23.8 Å². The van der Waals surface area contributed by atoms with Crippen LogP contribution in [0.3, 0.4) is 0 Å². The van der Waals surface area contributed by atoms with E-state index in [9.17, 15) is 5.11 Å². The van der Waals surface area contributed by atoms with Crippen LogP contribution in [0.1, 0.15) is 6.42 Å². The molecular formula is C18H23N3O5. The van der Waals surface area contributed by atoms with Crippen molar-refractivity contribution in [3.05, 3.63) is 30.6 Å². The summed E-state index contributed by atoms with van der Waals surface area (Å²) in [5.74, 6) is 3.07. The number of β-amino-alcohol motifs (C(OH)–C–C–N with tert-alkyl or cyclic N) is 1. The molecule has 0 saturated carbocycles. The summed E-state index contributed by atoms with van der Waals surface area (Å²) in [6.07, 6.45) is 1.14. The van der Waals surface area contributed by atoms with E-state index in [4.69, 9.17) is 18.9 Å². The number of aliphatic hydroxyl groups excluding tert-OH is 1. The normalized spacial score (nSPS) is 19.8. The first kappa shape index (κ1) is 18.1. The molecule has 8 nitrogen and oxygen atoms in total. The van der Waals surface area contributed by atoms with Crippen molar-refractivity contribution in [2.24, 2.45) is 0 Å². The van der Waals surface area contributed by atoms with Crippen LogP contribution in [-0.2, 0) is 0 Å². The molecule has 1 N–H and O–H groups in total. The van der Waals surface area contributed by atoms with Gasteiger partial charge in [-0.1, -0.05) is 0 Å². The Hall–Kier alpha value is -2.74. The molecule has 3 rings (SSSR count).